The zero-order valence-electron chi connectivity index (χ0n) is 19.6. The van der Waals surface area contributed by atoms with Gasteiger partial charge in [0.1, 0.15) is 17.5 Å². The quantitative estimate of drug-likeness (QED) is 0.180. The number of alkyl halides is 3. The van der Waals surface area contributed by atoms with Crippen LogP contribution in [-0.2, 0) is 26.9 Å². The second-order valence-electron chi connectivity index (χ2n) is 7.85. The van der Waals surface area contributed by atoms with E-state index in [1.54, 1.807) is 43.4 Å². The summed E-state index contributed by atoms with van der Waals surface area (Å²) in [5.74, 6) is -0.774. The first kappa shape index (κ1) is 26.5. The first-order chi connectivity index (χ1) is 17.2. The number of nitrogens with two attached hydrogens (primary N) is 1. The highest BCUT2D eigenvalue weighted by Crippen LogP contribution is 2.39. The number of esters is 1. The van der Waals surface area contributed by atoms with Crippen LogP contribution in [0, 0.1) is 0 Å². The van der Waals surface area contributed by atoms with Crippen LogP contribution in [-0.4, -0.2) is 32.5 Å². The number of benzene rings is 3. The summed E-state index contributed by atoms with van der Waals surface area (Å²) in [5.41, 5.74) is 7.10. The van der Waals surface area contributed by atoms with Crippen molar-refractivity contribution in [2.75, 3.05) is 19.5 Å². The number of aldehydes is 1. The molecule has 1 atom stereocenters. The normalized spacial score (nSPS) is 12.6. The average Bonchev–Trinajstić information content (AvgIpc) is 2.87. The Balaban J connectivity index is 1.89. The SMILES string of the molecule is CNc1ccccc1/C(C=O)=C\c1ccc(Oc2ccc(CC(N)C(=O)OC)cc2)c(C(F)(F)F)c1. The molecule has 3 aromatic carbocycles. The van der Waals surface area contributed by atoms with E-state index in [1.807, 2.05) is 0 Å². The van der Waals surface area contributed by atoms with Crippen LogP contribution >= 0.6 is 0 Å². The van der Waals surface area contributed by atoms with Gasteiger partial charge in [0, 0.05) is 23.9 Å². The van der Waals surface area contributed by atoms with E-state index in [9.17, 15) is 22.8 Å². The van der Waals surface area contributed by atoms with Crippen LogP contribution in [0.2, 0.25) is 0 Å². The highest BCUT2D eigenvalue weighted by molar-refractivity contribution is 6.15. The molecule has 3 N–H and O–H groups in total. The smallest absolute Gasteiger partial charge is 0.420 e. The number of nitrogens with one attached hydrogen (secondary N) is 1. The van der Waals surface area contributed by atoms with Gasteiger partial charge in [-0.1, -0.05) is 36.4 Å². The zero-order valence-corrected chi connectivity index (χ0v) is 19.6. The number of hydrogen-bond donors (Lipinski definition) is 2. The number of carbonyl (C=O) groups excluding carboxylic acids is 2. The fourth-order valence-electron chi connectivity index (χ4n) is 3.56. The lowest BCUT2D eigenvalue weighted by molar-refractivity contribution is -0.142. The third-order valence-corrected chi connectivity index (χ3v) is 5.38. The number of ether oxygens (including phenoxy) is 2. The fraction of sp³-hybridized carbons (Fsp3) is 0.185. The van der Waals surface area contributed by atoms with Crippen molar-refractivity contribution < 1.29 is 32.2 Å². The van der Waals surface area contributed by atoms with Crippen molar-refractivity contribution in [3.05, 3.63) is 89.0 Å². The lowest BCUT2D eigenvalue weighted by Gasteiger charge is -2.15. The maximum atomic E-state index is 13.9. The molecule has 0 heterocycles. The van der Waals surface area contributed by atoms with Crippen molar-refractivity contribution in [1.29, 1.82) is 0 Å². The van der Waals surface area contributed by atoms with E-state index < -0.39 is 23.8 Å². The molecule has 188 valence electrons. The second kappa shape index (κ2) is 11.5. The summed E-state index contributed by atoms with van der Waals surface area (Å²) in [7, 11) is 2.93. The molecule has 0 saturated carbocycles. The third kappa shape index (κ3) is 6.51. The van der Waals surface area contributed by atoms with Gasteiger partial charge in [0.15, 0.2) is 6.29 Å². The highest BCUT2D eigenvalue weighted by atomic mass is 19.4. The van der Waals surface area contributed by atoms with E-state index in [2.05, 4.69) is 10.1 Å². The maximum Gasteiger partial charge on any atom is 0.420 e. The molecule has 0 aromatic heterocycles. The molecule has 36 heavy (non-hydrogen) atoms. The molecule has 0 aliphatic heterocycles. The summed E-state index contributed by atoms with van der Waals surface area (Å²) in [4.78, 5) is 23.2. The lowest BCUT2D eigenvalue weighted by Crippen LogP contribution is -2.33. The van der Waals surface area contributed by atoms with E-state index in [4.69, 9.17) is 10.5 Å². The minimum atomic E-state index is -4.70. The Hall–Kier alpha value is -4.11. The van der Waals surface area contributed by atoms with E-state index in [-0.39, 0.29) is 29.1 Å². The van der Waals surface area contributed by atoms with Gasteiger partial charge in [0.05, 0.1) is 12.7 Å². The minimum Gasteiger partial charge on any atom is -0.468 e. The van der Waals surface area contributed by atoms with Crippen LogP contribution < -0.4 is 15.8 Å². The van der Waals surface area contributed by atoms with Crippen LogP contribution in [0.15, 0.2) is 66.7 Å². The monoisotopic (exact) mass is 498 g/mol. The van der Waals surface area contributed by atoms with Gasteiger partial charge in [-0.25, -0.2) is 0 Å². The van der Waals surface area contributed by atoms with Gasteiger partial charge in [-0.3, -0.25) is 9.59 Å². The third-order valence-electron chi connectivity index (χ3n) is 5.38. The summed E-state index contributed by atoms with van der Waals surface area (Å²) in [6.07, 6.45) is -2.50. The predicted molar refractivity (Wildman–Crippen MR) is 132 cm³/mol. The fourth-order valence-corrected chi connectivity index (χ4v) is 3.56. The molecule has 0 saturated heterocycles. The average molecular weight is 499 g/mol. The largest absolute Gasteiger partial charge is 0.468 e. The Morgan fingerprint density at radius 3 is 2.39 bits per heavy atom. The zero-order chi connectivity index (χ0) is 26.3. The van der Waals surface area contributed by atoms with Crippen molar-refractivity contribution in [2.45, 2.75) is 18.6 Å². The summed E-state index contributed by atoms with van der Waals surface area (Å²) >= 11 is 0. The first-order valence-corrected chi connectivity index (χ1v) is 10.9. The Bertz CT molecular complexity index is 1250. The van der Waals surface area contributed by atoms with Gasteiger partial charge < -0.3 is 20.5 Å². The summed E-state index contributed by atoms with van der Waals surface area (Å²) in [6.45, 7) is 0. The number of hydrogen-bond acceptors (Lipinski definition) is 6. The topological polar surface area (TPSA) is 90.6 Å². The molecule has 0 fully saturated rings. The van der Waals surface area contributed by atoms with Crippen LogP contribution in [0.1, 0.15) is 22.3 Å². The van der Waals surface area contributed by atoms with E-state index in [0.717, 1.165) is 6.07 Å². The molecular formula is C27H25F3N2O4. The van der Waals surface area contributed by atoms with Crippen molar-refractivity contribution in [3.63, 3.8) is 0 Å². The van der Waals surface area contributed by atoms with Crippen molar-refractivity contribution in [3.8, 4) is 11.5 Å². The Kier molecular flexibility index (Phi) is 8.50. The van der Waals surface area contributed by atoms with Crippen LogP contribution in [0.5, 0.6) is 11.5 Å². The molecule has 0 aliphatic rings. The van der Waals surface area contributed by atoms with E-state index >= 15 is 0 Å². The van der Waals surface area contributed by atoms with E-state index in [1.165, 1.54) is 37.5 Å². The molecule has 6 nitrogen and oxygen atoms in total. The van der Waals surface area contributed by atoms with E-state index in [0.29, 0.717) is 23.1 Å². The molecule has 9 heteroatoms. The van der Waals surface area contributed by atoms with Crippen molar-refractivity contribution >= 4 is 29.6 Å². The molecule has 1 unspecified atom stereocenters. The Morgan fingerprint density at radius 2 is 1.78 bits per heavy atom. The standard InChI is InChI=1S/C27H25F3N2O4/c1-32-24-6-4-3-5-21(24)19(16-33)13-18-9-12-25(22(14-18)27(28,29)30)36-20-10-7-17(8-11-20)15-23(31)26(34)35-2/h3-14,16,23,32H,15,31H2,1-2H3/b19-13-. The van der Waals surface area contributed by atoms with Gasteiger partial charge >= 0.3 is 12.1 Å². The number of allylic oxidation sites excluding steroid dienone is 1. The molecular weight excluding hydrogens is 473 g/mol. The minimum absolute atomic E-state index is 0.177. The lowest BCUT2D eigenvalue weighted by atomic mass is 10.0. The number of methoxy groups -OCH3 is 1. The number of anilines is 1. The van der Waals surface area contributed by atoms with Crippen LogP contribution in [0.4, 0.5) is 18.9 Å². The number of halogens is 3. The second-order valence-corrected chi connectivity index (χ2v) is 7.85. The van der Waals surface area contributed by atoms with Crippen LogP contribution in [0.25, 0.3) is 11.6 Å². The molecule has 0 radical (unpaired) electrons. The Morgan fingerprint density at radius 1 is 1.08 bits per heavy atom. The van der Waals surface area contributed by atoms with Crippen LogP contribution in [0.3, 0.4) is 0 Å². The molecule has 3 aromatic rings. The van der Waals surface area contributed by atoms with Crippen molar-refractivity contribution in [2.24, 2.45) is 5.73 Å². The maximum absolute atomic E-state index is 13.9. The molecule has 0 bridgehead atoms. The Labute approximate surface area is 206 Å². The summed E-state index contributed by atoms with van der Waals surface area (Å²) in [5, 5.41) is 2.96. The molecule has 0 aliphatic carbocycles. The predicted octanol–water partition coefficient (Wildman–Crippen LogP) is 5.32. The number of para-hydroxylation sites is 1. The van der Waals surface area contributed by atoms with Gasteiger partial charge in [-0.15, -0.1) is 0 Å². The van der Waals surface area contributed by atoms with Gasteiger partial charge in [0.25, 0.3) is 0 Å². The van der Waals surface area contributed by atoms with Gasteiger partial charge in [0.2, 0.25) is 0 Å². The van der Waals surface area contributed by atoms with Crippen molar-refractivity contribution in [1.82, 2.24) is 0 Å². The summed E-state index contributed by atoms with van der Waals surface area (Å²) in [6, 6.07) is 15.9. The highest BCUT2D eigenvalue weighted by Gasteiger charge is 2.35. The summed E-state index contributed by atoms with van der Waals surface area (Å²) < 4.78 is 51.7. The first-order valence-electron chi connectivity index (χ1n) is 10.9. The van der Waals surface area contributed by atoms with Gasteiger partial charge in [-0.05, 0) is 54.0 Å². The molecule has 3 rings (SSSR count). The molecule has 0 amide bonds. The number of carbonyl (C=O) groups is 2. The molecule has 0 spiro atoms. The van der Waals surface area contributed by atoms with Gasteiger partial charge in [-0.2, -0.15) is 13.2 Å². The number of rotatable bonds is 9.